The number of rotatable bonds is 6. The van der Waals surface area contributed by atoms with Crippen LogP contribution in [0.1, 0.15) is 23.7 Å². The fraction of sp³-hybridized carbons (Fsp3) is 0.400. The molecule has 12 nitrogen and oxygen atoms in total. The highest BCUT2D eigenvalue weighted by molar-refractivity contribution is 5.36. The number of nitrogens with zero attached hydrogens (tertiary/aromatic N) is 2. The molecule has 2 heterocycles. The third-order valence-corrected chi connectivity index (χ3v) is 5.23. The fourth-order valence-corrected chi connectivity index (χ4v) is 3.69. The fourth-order valence-electron chi connectivity index (χ4n) is 3.69. The van der Waals surface area contributed by atoms with Crippen LogP contribution in [0.25, 0.3) is 0 Å². The van der Waals surface area contributed by atoms with Gasteiger partial charge in [-0.2, -0.15) is 0 Å². The molecule has 2 unspecified atom stereocenters. The van der Waals surface area contributed by atoms with Crippen molar-refractivity contribution < 1.29 is 39.0 Å². The van der Waals surface area contributed by atoms with Crippen molar-refractivity contribution >= 4 is 11.4 Å². The van der Waals surface area contributed by atoms with E-state index >= 15 is 0 Å². The van der Waals surface area contributed by atoms with Gasteiger partial charge in [-0.25, -0.2) is 0 Å². The number of benzene rings is 2. The lowest BCUT2D eigenvalue weighted by Gasteiger charge is -2.37. The summed E-state index contributed by atoms with van der Waals surface area (Å²) >= 11 is 0. The van der Waals surface area contributed by atoms with Gasteiger partial charge in [0.15, 0.2) is 12.6 Å². The summed E-state index contributed by atoms with van der Waals surface area (Å²) in [6.45, 7) is -0.595. The van der Waals surface area contributed by atoms with Crippen LogP contribution in [0.2, 0.25) is 0 Å². The van der Waals surface area contributed by atoms with Gasteiger partial charge in [-0.1, -0.05) is 24.3 Å². The highest BCUT2D eigenvalue weighted by atomic mass is 16.8. The second-order valence-electron chi connectivity index (χ2n) is 7.33. The van der Waals surface area contributed by atoms with Crippen LogP contribution in [0.5, 0.6) is 0 Å². The number of hydrogen-bond acceptors (Lipinski definition) is 10. The van der Waals surface area contributed by atoms with E-state index in [4.69, 9.17) is 18.9 Å². The van der Waals surface area contributed by atoms with E-state index in [2.05, 4.69) is 0 Å². The average molecular weight is 448 g/mol. The van der Waals surface area contributed by atoms with Crippen LogP contribution in [0.15, 0.2) is 48.5 Å². The zero-order valence-electron chi connectivity index (χ0n) is 16.6. The van der Waals surface area contributed by atoms with Crippen molar-refractivity contribution in [2.45, 2.75) is 37.0 Å². The molecule has 0 amide bonds. The number of ether oxygens (including phenoxy) is 4. The summed E-state index contributed by atoms with van der Waals surface area (Å²) in [5.74, 6) is 0. The molecule has 2 aromatic carbocycles. The van der Waals surface area contributed by atoms with Gasteiger partial charge in [0.25, 0.3) is 11.4 Å². The topological polar surface area (TPSA) is 164 Å². The Labute approximate surface area is 181 Å². The first-order valence-corrected chi connectivity index (χ1v) is 9.73. The summed E-state index contributed by atoms with van der Waals surface area (Å²) < 4.78 is 23.0. The Morgan fingerprint density at radius 3 is 2.00 bits per heavy atom. The predicted molar refractivity (Wildman–Crippen MR) is 105 cm³/mol. The molecule has 0 saturated carbocycles. The van der Waals surface area contributed by atoms with Gasteiger partial charge in [-0.3, -0.25) is 20.2 Å². The standard InChI is InChI=1S/C20H20N2O10/c23-9-16-18(32-20(30-16)12-4-2-6-14(8-12)22(27)28)17-15(24)10-29-19(31-17)11-3-1-5-13(7-11)21(25)26/h1-8,15-20,23-24H,9-10H2/t15-,16+,17-,18-,19?,20?/m1/s1. The second kappa shape index (κ2) is 9.24. The van der Waals surface area contributed by atoms with Crippen LogP contribution < -0.4 is 0 Å². The van der Waals surface area contributed by atoms with Gasteiger partial charge in [-0.15, -0.1) is 0 Å². The molecule has 0 bridgehead atoms. The molecule has 4 rings (SSSR count). The predicted octanol–water partition coefficient (Wildman–Crippen LogP) is 1.75. The van der Waals surface area contributed by atoms with Gasteiger partial charge in [0.1, 0.15) is 24.4 Å². The van der Waals surface area contributed by atoms with Crippen LogP contribution in [-0.2, 0) is 18.9 Å². The number of non-ortho nitro benzene ring substituents is 2. The van der Waals surface area contributed by atoms with Crippen molar-refractivity contribution in [1.82, 2.24) is 0 Å². The molecular weight excluding hydrogens is 428 g/mol. The zero-order chi connectivity index (χ0) is 22.8. The summed E-state index contributed by atoms with van der Waals surface area (Å²) in [5.41, 5.74) is 0.464. The highest BCUT2D eigenvalue weighted by Gasteiger charge is 2.47. The lowest BCUT2D eigenvalue weighted by molar-refractivity contribution is -0.385. The maximum absolute atomic E-state index is 11.1. The van der Waals surface area contributed by atoms with Crippen molar-refractivity contribution in [2.75, 3.05) is 13.2 Å². The van der Waals surface area contributed by atoms with Crippen LogP contribution in [0.4, 0.5) is 11.4 Å². The molecule has 2 N–H and O–H groups in total. The number of hydrogen-bond donors (Lipinski definition) is 2. The van der Waals surface area contributed by atoms with Crippen LogP contribution in [0.3, 0.4) is 0 Å². The van der Waals surface area contributed by atoms with Crippen molar-refractivity contribution in [2.24, 2.45) is 0 Å². The Kier molecular flexibility index (Phi) is 6.41. The summed E-state index contributed by atoms with van der Waals surface area (Å²) in [4.78, 5) is 21.0. The molecule has 0 aliphatic carbocycles. The molecule has 0 radical (unpaired) electrons. The quantitative estimate of drug-likeness (QED) is 0.491. The first-order chi connectivity index (χ1) is 15.4. The lowest BCUT2D eigenvalue weighted by Crippen LogP contribution is -2.51. The number of aliphatic hydroxyl groups excluding tert-OH is 2. The van der Waals surface area contributed by atoms with E-state index in [0.29, 0.717) is 11.1 Å². The van der Waals surface area contributed by atoms with E-state index in [1.807, 2.05) is 0 Å². The van der Waals surface area contributed by atoms with E-state index in [-0.39, 0.29) is 18.0 Å². The van der Waals surface area contributed by atoms with Gasteiger partial charge in [0.05, 0.1) is 23.1 Å². The smallest absolute Gasteiger partial charge is 0.269 e. The van der Waals surface area contributed by atoms with Crippen molar-refractivity contribution in [1.29, 1.82) is 0 Å². The first-order valence-electron chi connectivity index (χ1n) is 9.73. The third-order valence-electron chi connectivity index (χ3n) is 5.23. The molecule has 0 spiro atoms. The maximum atomic E-state index is 11.1. The average Bonchev–Trinajstić information content (AvgIpc) is 3.24. The van der Waals surface area contributed by atoms with Crippen molar-refractivity contribution in [3.8, 4) is 0 Å². The van der Waals surface area contributed by atoms with E-state index in [9.17, 15) is 30.4 Å². The minimum Gasteiger partial charge on any atom is -0.394 e. The molecular formula is C20H20N2O10. The molecule has 12 heteroatoms. The summed E-state index contributed by atoms with van der Waals surface area (Å²) in [6, 6.07) is 11.4. The Bertz CT molecular complexity index is 946. The summed E-state index contributed by atoms with van der Waals surface area (Å²) in [6.07, 6.45) is -5.97. The molecule has 2 fully saturated rings. The zero-order valence-corrected chi connectivity index (χ0v) is 16.6. The first kappa shape index (κ1) is 22.2. The SMILES string of the molecule is O=[N+]([O-])c1cccc(C2OC[C@@H](O)[C@H]([C@@H]3OC(c4cccc([N+](=O)[O-])c4)O[C@H]3CO)O2)c1. The minimum absolute atomic E-state index is 0.141. The number of nitro benzene ring substituents is 2. The molecule has 0 aromatic heterocycles. The molecule has 170 valence electrons. The number of aliphatic hydroxyl groups is 2. The Morgan fingerprint density at radius 1 is 0.875 bits per heavy atom. The monoisotopic (exact) mass is 448 g/mol. The van der Waals surface area contributed by atoms with Crippen LogP contribution in [0, 0.1) is 20.2 Å². The van der Waals surface area contributed by atoms with Crippen LogP contribution >= 0.6 is 0 Å². The molecule has 2 aromatic rings. The van der Waals surface area contributed by atoms with Gasteiger partial charge >= 0.3 is 0 Å². The largest absolute Gasteiger partial charge is 0.394 e. The van der Waals surface area contributed by atoms with Gasteiger partial charge < -0.3 is 29.2 Å². The van der Waals surface area contributed by atoms with Gasteiger partial charge in [-0.05, 0) is 0 Å². The molecule has 2 saturated heterocycles. The molecule has 2 aliphatic rings. The van der Waals surface area contributed by atoms with E-state index in [0.717, 1.165) is 0 Å². The minimum atomic E-state index is -1.13. The number of nitro groups is 2. The summed E-state index contributed by atoms with van der Waals surface area (Å²) in [5, 5.41) is 42.4. The normalized spacial score (nSPS) is 30.2. The van der Waals surface area contributed by atoms with Crippen molar-refractivity contribution in [3.05, 3.63) is 79.9 Å². The van der Waals surface area contributed by atoms with E-state index in [1.165, 1.54) is 36.4 Å². The second-order valence-corrected chi connectivity index (χ2v) is 7.33. The Balaban J connectivity index is 1.54. The van der Waals surface area contributed by atoms with Crippen molar-refractivity contribution in [3.63, 3.8) is 0 Å². The molecule has 32 heavy (non-hydrogen) atoms. The maximum Gasteiger partial charge on any atom is 0.269 e. The van der Waals surface area contributed by atoms with Gasteiger partial charge in [0.2, 0.25) is 0 Å². The van der Waals surface area contributed by atoms with Gasteiger partial charge in [0, 0.05) is 35.4 Å². The van der Waals surface area contributed by atoms with E-state index < -0.39 is 53.4 Å². The lowest BCUT2D eigenvalue weighted by atomic mass is 10.0. The molecule has 2 aliphatic heterocycles. The third kappa shape index (κ3) is 4.46. The Morgan fingerprint density at radius 2 is 1.44 bits per heavy atom. The Hall–Kier alpha value is -3.00. The van der Waals surface area contributed by atoms with Crippen LogP contribution in [-0.4, -0.2) is 57.7 Å². The highest BCUT2D eigenvalue weighted by Crippen LogP contribution is 2.38. The van der Waals surface area contributed by atoms with E-state index in [1.54, 1.807) is 12.1 Å². The summed E-state index contributed by atoms with van der Waals surface area (Å²) in [7, 11) is 0. The molecule has 6 atom stereocenters.